The Labute approximate surface area is 167 Å². The third-order valence-corrected chi connectivity index (χ3v) is 7.05. The highest BCUT2D eigenvalue weighted by atomic mass is 32.2. The number of sulfonamides is 1. The molecule has 1 atom stereocenters. The number of rotatable bonds is 8. The molecule has 0 aliphatic heterocycles. The topological polar surface area (TPSA) is 71.8 Å². The minimum absolute atomic E-state index is 0.125. The van der Waals surface area contributed by atoms with Gasteiger partial charge in [0.2, 0.25) is 10.0 Å². The molecule has 0 fully saturated rings. The van der Waals surface area contributed by atoms with Gasteiger partial charge in [0.15, 0.2) is 0 Å². The first-order valence-corrected chi connectivity index (χ1v) is 10.7. The fraction of sp³-hybridized carbons (Fsp3) is 0.450. The number of carbonyl (C=O) groups is 1. The summed E-state index contributed by atoms with van der Waals surface area (Å²) >= 11 is 0. The Morgan fingerprint density at radius 2 is 1.82 bits per heavy atom. The molecule has 7 nitrogen and oxygen atoms in total. The number of carbonyl (C=O) groups excluding carboxylic acids is 1. The molecular formula is C20H29N3O4S. The molecule has 1 unspecified atom stereocenters. The third kappa shape index (κ3) is 4.07. The first kappa shape index (κ1) is 22.0. The van der Waals surface area contributed by atoms with Crippen molar-refractivity contribution in [3.05, 3.63) is 47.8 Å². The Hall–Kier alpha value is -2.32. The zero-order valence-electron chi connectivity index (χ0n) is 17.3. The Morgan fingerprint density at radius 1 is 1.21 bits per heavy atom. The van der Waals surface area contributed by atoms with Gasteiger partial charge in [0, 0.05) is 38.9 Å². The number of hydrogen-bond acceptors (Lipinski definition) is 4. The van der Waals surface area contributed by atoms with E-state index in [0.717, 1.165) is 5.56 Å². The molecule has 1 amide bonds. The standard InChI is InChI=1S/C20H29N3O4S/c1-7-23(8-2)28(25,26)16-13-18(21(4)14-16)20(24)22(5)15(3)17-11-9-10-12-19(17)27-6/h9-15H,7-8H2,1-6H3. The molecule has 0 saturated carbocycles. The van der Waals surface area contributed by atoms with Crippen LogP contribution in [-0.4, -0.2) is 55.3 Å². The molecule has 0 aliphatic carbocycles. The number of amides is 1. The average molecular weight is 408 g/mol. The van der Waals surface area contributed by atoms with Gasteiger partial charge in [-0.05, 0) is 19.1 Å². The quantitative estimate of drug-likeness (QED) is 0.675. The van der Waals surface area contributed by atoms with Crippen LogP contribution in [0.5, 0.6) is 5.75 Å². The number of benzene rings is 1. The maximum atomic E-state index is 13.1. The number of ether oxygens (including phenoxy) is 1. The lowest BCUT2D eigenvalue weighted by molar-refractivity contribution is 0.0731. The molecule has 0 saturated heterocycles. The molecule has 2 aromatic rings. The SMILES string of the molecule is CCN(CC)S(=O)(=O)c1cc(C(=O)N(C)C(C)c2ccccc2OC)n(C)c1. The predicted octanol–water partition coefficient (Wildman–Crippen LogP) is 2.90. The van der Waals surface area contributed by atoms with Gasteiger partial charge < -0.3 is 14.2 Å². The number of methoxy groups -OCH3 is 1. The Bertz CT molecular complexity index is 933. The summed E-state index contributed by atoms with van der Waals surface area (Å²) in [7, 11) is 1.34. The van der Waals surface area contributed by atoms with Gasteiger partial charge in [0.25, 0.3) is 5.91 Å². The van der Waals surface area contributed by atoms with Crippen molar-refractivity contribution in [2.75, 3.05) is 27.2 Å². The van der Waals surface area contributed by atoms with Gasteiger partial charge in [-0.1, -0.05) is 32.0 Å². The van der Waals surface area contributed by atoms with Crippen molar-refractivity contribution < 1.29 is 17.9 Å². The molecular weight excluding hydrogens is 378 g/mol. The van der Waals surface area contributed by atoms with Crippen LogP contribution in [0.25, 0.3) is 0 Å². The predicted molar refractivity (Wildman–Crippen MR) is 109 cm³/mol. The first-order chi connectivity index (χ1) is 13.2. The van der Waals surface area contributed by atoms with Crippen molar-refractivity contribution in [3.63, 3.8) is 0 Å². The molecule has 2 rings (SSSR count). The van der Waals surface area contributed by atoms with E-state index >= 15 is 0 Å². The number of aryl methyl sites for hydroxylation is 1. The summed E-state index contributed by atoms with van der Waals surface area (Å²) in [5.74, 6) is 0.438. The lowest BCUT2D eigenvalue weighted by atomic mass is 10.1. The summed E-state index contributed by atoms with van der Waals surface area (Å²) in [6.45, 7) is 6.24. The second kappa shape index (κ2) is 8.79. The van der Waals surface area contributed by atoms with Gasteiger partial charge >= 0.3 is 0 Å². The normalized spacial score (nSPS) is 12.8. The number of aromatic nitrogens is 1. The summed E-state index contributed by atoms with van der Waals surface area (Å²) in [4.78, 5) is 14.8. The van der Waals surface area contributed by atoms with Crippen LogP contribution in [0.4, 0.5) is 0 Å². The molecule has 1 aromatic carbocycles. The fourth-order valence-corrected chi connectivity index (χ4v) is 4.71. The molecule has 154 valence electrons. The monoisotopic (exact) mass is 407 g/mol. The highest BCUT2D eigenvalue weighted by Gasteiger charge is 2.28. The van der Waals surface area contributed by atoms with Gasteiger partial charge in [-0.2, -0.15) is 4.31 Å². The van der Waals surface area contributed by atoms with E-state index in [1.165, 1.54) is 16.6 Å². The largest absolute Gasteiger partial charge is 0.496 e. The highest BCUT2D eigenvalue weighted by Crippen LogP contribution is 2.29. The van der Waals surface area contributed by atoms with Gasteiger partial charge in [-0.3, -0.25) is 4.79 Å². The maximum absolute atomic E-state index is 13.1. The Morgan fingerprint density at radius 3 is 2.39 bits per heavy atom. The second-order valence-electron chi connectivity index (χ2n) is 6.60. The lowest BCUT2D eigenvalue weighted by Gasteiger charge is -2.26. The number of nitrogens with zero attached hydrogens (tertiary/aromatic N) is 3. The smallest absolute Gasteiger partial charge is 0.270 e. The van der Waals surface area contributed by atoms with Crippen LogP contribution in [-0.2, 0) is 17.1 Å². The molecule has 0 spiro atoms. The molecule has 0 N–H and O–H groups in total. The van der Waals surface area contributed by atoms with E-state index in [-0.39, 0.29) is 16.8 Å². The van der Waals surface area contributed by atoms with Gasteiger partial charge in [-0.25, -0.2) is 8.42 Å². The zero-order valence-corrected chi connectivity index (χ0v) is 18.2. The average Bonchev–Trinajstić information content (AvgIpc) is 3.09. The minimum Gasteiger partial charge on any atom is -0.496 e. The first-order valence-electron chi connectivity index (χ1n) is 9.25. The van der Waals surface area contributed by atoms with Crippen LogP contribution in [0.2, 0.25) is 0 Å². The van der Waals surface area contributed by atoms with Crippen molar-refractivity contribution in [2.45, 2.75) is 31.7 Å². The summed E-state index contributed by atoms with van der Waals surface area (Å²) < 4.78 is 33.9. The van der Waals surface area contributed by atoms with E-state index < -0.39 is 10.0 Å². The zero-order chi connectivity index (χ0) is 21.1. The van der Waals surface area contributed by atoms with E-state index in [2.05, 4.69) is 0 Å². The lowest BCUT2D eigenvalue weighted by Crippen LogP contribution is -2.31. The van der Waals surface area contributed by atoms with Crippen LogP contribution in [0.3, 0.4) is 0 Å². The summed E-state index contributed by atoms with van der Waals surface area (Å²) in [5, 5.41) is 0. The van der Waals surface area contributed by atoms with Gasteiger partial charge in [0.05, 0.1) is 13.2 Å². The van der Waals surface area contributed by atoms with E-state index in [4.69, 9.17) is 4.74 Å². The molecule has 28 heavy (non-hydrogen) atoms. The van der Waals surface area contributed by atoms with Crippen molar-refractivity contribution in [1.29, 1.82) is 0 Å². The Balaban J connectivity index is 2.35. The Kier molecular flexibility index (Phi) is 6.90. The molecule has 1 heterocycles. The molecule has 0 bridgehead atoms. The third-order valence-electron chi connectivity index (χ3n) is 5.03. The molecule has 8 heteroatoms. The highest BCUT2D eigenvalue weighted by molar-refractivity contribution is 7.89. The van der Waals surface area contributed by atoms with E-state index in [9.17, 15) is 13.2 Å². The van der Waals surface area contributed by atoms with Crippen molar-refractivity contribution in [2.24, 2.45) is 7.05 Å². The summed E-state index contributed by atoms with van der Waals surface area (Å²) in [5.41, 5.74) is 1.20. The summed E-state index contributed by atoms with van der Waals surface area (Å²) in [6, 6.07) is 8.72. The number of para-hydroxylation sites is 1. The molecule has 0 aliphatic rings. The van der Waals surface area contributed by atoms with Crippen LogP contribution < -0.4 is 4.74 Å². The summed E-state index contributed by atoms with van der Waals surface area (Å²) in [6.07, 6.45) is 1.49. The molecule has 1 aromatic heterocycles. The number of hydrogen-bond donors (Lipinski definition) is 0. The maximum Gasteiger partial charge on any atom is 0.270 e. The van der Waals surface area contributed by atoms with Crippen LogP contribution in [0.15, 0.2) is 41.4 Å². The van der Waals surface area contributed by atoms with Crippen molar-refractivity contribution >= 4 is 15.9 Å². The fourth-order valence-electron chi connectivity index (χ4n) is 3.18. The molecule has 0 radical (unpaired) electrons. The van der Waals surface area contributed by atoms with Crippen LogP contribution >= 0.6 is 0 Å². The van der Waals surface area contributed by atoms with Crippen molar-refractivity contribution in [3.8, 4) is 5.75 Å². The van der Waals surface area contributed by atoms with Gasteiger partial charge in [0.1, 0.15) is 16.3 Å². The van der Waals surface area contributed by atoms with Crippen LogP contribution in [0, 0.1) is 0 Å². The van der Waals surface area contributed by atoms with E-state index in [1.54, 1.807) is 44.5 Å². The van der Waals surface area contributed by atoms with Crippen LogP contribution in [0.1, 0.15) is 42.9 Å². The second-order valence-corrected chi connectivity index (χ2v) is 8.53. The minimum atomic E-state index is -3.62. The van der Waals surface area contributed by atoms with E-state index in [1.807, 2.05) is 31.2 Å². The van der Waals surface area contributed by atoms with Gasteiger partial charge in [-0.15, -0.1) is 0 Å². The van der Waals surface area contributed by atoms with Crippen molar-refractivity contribution in [1.82, 2.24) is 13.8 Å². The van der Waals surface area contributed by atoms with E-state index in [0.29, 0.717) is 24.5 Å².